The summed E-state index contributed by atoms with van der Waals surface area (Å²) >= 11 is 0. The van der Waals surface area contributed by atoms with Crippen LogP contribution in [0.4, 0.5) is 13.2 Å². The smallest absolute Gasteiger partial charge is 0.416 e. The van der Waals surface area contributed by atoms with Gasteiger partial charge in [-0.2, -0.15) is 13.2 Å². The van der Waals surface area contributed by atoms with Gasteiger partial charge < -0.3 is 19.9 Å². The van der Waals surface area contributed by atoms with Crippen LogP contribution >= 0.6 is 0 Å². The van der Waals surface area contributed by atoms with E-state index in [2.05, 4.69) is 14.8 Å². The Morgan fingerprint density at radius 3 is 2.11 bits per heavy atom. The monoisotopic (exact) mass is 391 g/mol. The second-order valence-corrected chi connectivity index (χ2v) is 5.79. The summed E-state index contributed by atoms with van der Waals surface area (Å²) in [4.78, 5) is 35.4. The molecule has 0 radical (unpaired) electrons. The van der Waals surface area contributed by atoms with Gasteiger partial charge in [-0.3, -0.25) is 9.59 Å². The minimum absolute atomic E-state index is 0.0928. The number of aliphatic hydroxyl groups excluding tert-OH is 1. The molecule has 0 aliphatic heterocycles. The molecule has 27 heavy (non-hydrogen) atoms. The predicted molar refractivity (Wildman–Crippen MR) is 86.1 cm³/mol. The van der Waals surface area contributed by atoms with Gasteiger partial charge in [-0.05, 0) is 23.6 Å². The fourth-order valence-electron chi connectivity index (χ4n) is 2.26. The number of aliphatic hydroxyl groups is 1. The average Bonchev–Trinajstić information content (AvgIpc) is 2.63. The maximum absolute atomic E-state index is 12.6. The van der Waals surface area contributed by atoms with Gasteiger partial charge in [-0.15, -0.1) is 0 Å². The standard InChI is InChI=1S/C17H20F3NO6/c1-9(8-12(22)26-2)13(16(25)27-3)21-15(24)14(23)10-4-6-11(7-5-10)17(18,19)20/h4-7,9,13-14,23H,8H2,1-3H3,(H,21,24)/t9-,13-,14-/m0/s1. The number of alkyl halides is 3. The van der Waals surface area contributed by atoms with Gasteiger partial charge in [0.15, 0.2) is 6.10 Å². The van der Waals surface area contributed by atoms with Crippen LogP contribution in [-0.4, -0.2) is 43.2 Å². The minimum atomic E-state index is -4.55. The quantitative estimate of drug-likeness (QED) is 0.685. The molecule has 0 heterocycles. The van der Waals surface area contributed by atoms with Crippen molar-refractivity contribution in [3.63, 3.8) is 0 Å². The first-order valence-corrected chi connectivity index (χ1v) is 7.81. The number of hydrogen-bond acceptors (Lipinski definition) is 6. The van der Waals surface area contributed by atoms with E-state index in [9.17, 15) is 32.7 Å². The molecular formula is C17H20F3NO6. The number of esters is 2. The topological polar surface area (TPSA) is 102 Å². The average molecular weight is 391 g/mol. The Balaban J connectivity index is 2.90. The Hall–Kier alpha value is -2.62. The number of ether oxygens (including phenoxy) is 2. The van der Waals surface area contributed by atoms with Gasteiger partial charge in [0.1, 0.15) is 6.04 Å². The van der Waals surface area contributed by atoms with Crippen molar-refractivity contribution in [3.05, 3.63) is 35.4 Å². The van der Waals surface area contributed by atoms with Crippen molar-refractivity contribution in [1.82, 2.24) is 5.32 Å². The molecule has 1 aromatic rings. The summed E-state index contributed by atoms with van der Waals surface area (Å²) in [6.07, 6.45) is -6.57. The summed E-state index contributed by atoms with van der Waals surface area (Å²) in [7, 11) is 2.24. The zero-order valence-corrected chi connectivity index (χ0v) is 14.9. The molecule has 2 N–H and O–H groups in total. The van der Waals surface area contributed by atoms with Crippen LogP contribution in [0.1, 0.15) is 30.6 Å². The zero-order chi connectivity index (χ0) is 20.8. The van der Waals surface area contributed by atoms with E-state index >= 15 is 0 Å². The van der Waals surface area contributed by atoms with Crippen LogP contribution in [0.5, 0.6) is 0 Å². The number of hydrogen-bond donors (Lipinski definition) is 2. The van der Waals surface area contributed by atoms with Crippen molar-refractivity contribution in [2.75, 3.05) is 14.2 Å². The van der Waals surface area contributed by atoms with Crippen LogP contribution in [-0.2, 0) is 30.0 Å². The van der Waals surface area contributed by atoms with E-state index in [1.54, 1.807) is 0 Å². The normalized spacial score (nSPS) is 14.6. The Bertz CT molecular complexity index is 674. The highest BCUT2D eigenvalue weighted by Gasteiger charge is 2.33. The van der Waals surface area contributed by atoms with Crippen molar-refractivity contribution in [3.8, 4) is 0 Å². The summed E-state index contributed by atoms with van der Waals surface area (Å²) in [5, 5.41) is 12.3. The molecule has 1 aromatic carbocycles. The number of methoxy groups -OCH3 is 2. The zero-order valence-electron chi connectivity index (χ0n) is 14.9. The highest BCUT2D eigenvalue weighted by molar-refractivity contribution is 5.88. The van der Waals surface area contributed by atoms with E-state index in [1.165, 1.54) is 6.92 Å². The first-order chi connectivity index (χ1) is 12.5. The van der Waals surface area contributed by atoms with Gasteiger partial charge in [0.25, 0.3) is 5.91 Å². The second-order valence-electron chi connectivity index (χ2n) is 5.79. The molecule has 0 unspecified atom stereocenters. The van der Waals surface area contributed by atoms with Crippen molar-refractivity contribution in [2.24, 2.45) is 5.92 Å². The van der Waals surface area contributed by atoms with E-state index in [0.717, 1.165) is 38.5 Å². The van der Waals surface area contributed by atoms with Crippen LogP contribution in [0.25, 0.3) is 0 Å². The lowest BCUT2D eigenvalue weighted by Crippen LogP contribution is -2.48. The lowest BCUT2D eigenvalue weighted by Gasteiger charge is -2.23. The summed E-state index contributed by atoms with van der Waals surface area (Å²) < 4.78 is 46.8. The number of carbonyl (C=O) groups is 3. The van der Waals surface area contributed by atoms with Gasteiger partial charge in [-0.25, -0.2) is 4.79 Å². The number of nitrogens with one attached hydrogen (secondary N) is 1. The van der Waals surface area contributed by atoms with Crippen LogP contribution < -0.4 is 5.32 Å². The lowest BCUT2D eigenvalue weighted by molar-refractivity contribution is -0.149. The highest BCUT2D eigenvalue weighted by Crippen LogP contribution is 2.30. The van der Waals surface area contributed by atoms with Crippen LogP contribution in [0.2, 0.25) is 0 Å². The first-order valence-electron chi connectivity index (χ1n) is 7.81. The predicted octanol–water partition coefficient (Wildman–Crippen LogP) is 1.60. The van der Waals surface area contributed by atoms with Crippen molar-refractivity contribution < 1.29 is 42.1 Å². The number of carbonyl (C=O) groups excluding carboxylic acids is 3. The molecule has 0 aliphatic carbocycles. The fourth-order valence-corrected chi connectivity index (χ4v) is 2.26. The van der Waals surface area contributed by atoms with Crippen molar-refractivity contribution >= 4 is 17.8 Å². The molecular weight excluding hydrogens is 371 g/mol. The molecule has 0 saturated carbocycles. The van der Waals surface area contributed by atoms with Crippen molar-refractivity contribution in [2.45, 2.75) is 31.7 Å². The minimum Gasteiger partial charge on any atom is -0.469 e. The summed E-state index contributed by atoms with van der Waals surface area (Å²) in [5.41, 5.74) is -1.03. The largest absolute Gasteiger partial charge is 0.469 e. The van der Waals surface area contributed by atoms with Gasteiger partial charge in [-0.1, -0.05) is 19.1 Å². The molecule has 150 valence electrons. The van der Waals surface area contributed by atoms with Gasteiger partial charge in [0.2, 0.25) is 0 Å². The molecule has 0 bridgehead atoms. The third-order valence-electron chi connectivity index (χ3n) is 3.84. The van der Waals surface area contributed by atoms with Crippen LogP contribution in [0.15, 0.2) is 24.3 Å². The molecule has 0 aliphatic rings. The molecule has 10 heteroatoms. The number of rotatable bonds is 7. The summed E-state index contributed by atoms with van der Waals surface area (Å²) in [6.45, 7) is 1.49. The van der Waals surface area contributed by atoms with E-state index in [-0.39, 0.29) is 12.0 Å². The Kier molecular flexibility index (Phi) is 7.77. The van der Waals surface area contributed by atoms with E-state index in [1.807, 2.05) is 0 Å². The molecule has 0 saturated heterocycles. The number of amides is 1. The Morgan fingerprint density at radius 2 is 1.67 bits per heavy atom. The molecule has 0 fully saturated rings. The van der Waals surface area contributed by atoms with Crippen LogP contribution in [0, 0.1) is 5.92 Å². The Labute approximate surface area is 153 Å². The lowest BCUT2D eigenvalue weighted by atomic mass is 9.97. The number of benzene rings is 1. The van der Waals surface area contributed by atoms with Crippen LogP contribution in [0.3, 0.4) is 0 Å². The maximum Gasteiger partial charge on any atom is 0.416 e. The maximum atomic E-state index is 12.6. The molecule has 1 amide bonds. The molecule has 1 rings (SSSR count). The third kappa shape index (κ3) is 6.24. The second kappa shape index (κ2) is 9.36. The molecule has 7 nitrogen and oxygen atoms in total. The molecule has 0 spiro atoms. The van der Waals surface area contributed by atoms with E-state index in [0.29, 0.717) is 0 Å². The van der Waals surface area contributed by atoms with E-state index < -0.39 is 47.6 Å². The molecule has 0 aromatic heterocycles. The highest BCUT2D eigenvalue weighted by atomic mass is 19.4. The summed E-state index contributed by atoms with van der Waals surface area (Å²) in [5.74, 6) is -3.20. The first kappa shape index (κ1) is 22.4. The van der Waals surface area contributed by atoms with Gasteiger partial charge in [0.05, 0.1) is 26.2 Å². The number of halogens is 3. The molecule has 3 atom stereocenters. The van der Waals surface area contributed by atoms with Gasteiger partial charge in [0, 0.05) is 0 Å². The van der Waals surface area contributed by atoms with Gasteiger partial charge >= 0.3 is 18.1 Å². The Morgan fingerprint density at radius 1 is 1.11 bits per heavy atom. The SMILES string of the molecule is COC(=O)C[C@H](C)[C@H](NC(=O)[C@@H](O)c1ccc(C(F)(F)F)cc1)C(=O)OC. The summed E-state index contributed by atoms with van der Waals surface area (Å²) in [6, 6.07) is 2.11. The van der Waals surface area contributed by atoms with E-state index in [4.69, 9.17) is 0 Å². The third-order valence-corrected chi connectivity index (χ3v) is 3.84. The fraction of sp³-hybridized carbons (Fsp3) is 0.471. The van der Waals surface area contributed by atoms with Crippen molar-refractivity contribution in [1.29, 1.82) is 0 Å².